The maximum absolute atomic E-state index is 12.9. The molecule has 0 radical (unpaired) electrons. The van der Waals surface area contributed by atoms with Crippen LogP contribution in [0.5, 0.6) is 5.75 Å². The Bertz CT molecular complexity index is 1180. The molecule has 3 aromatic rings. The van der Waals surface area contributed by atoms with Crippen LogP contribution in [-0.2, 0) is 21.6 Å². The molecule has 2 unspecified atom stereocenters. The summed E-state index contributed by atoms with van der Waals surface area (Å²) in [5.41, 5.74) is 7.97. The Morgan fingerprint density at radius 3 is 2.30 bits per heavy atom. The van der Waals surface area contributed by atoms with Gasteiger partial charge in [0.2, 0.25) is 11.8 Å². The minimum atomic E-state index is -0.862. The van der Waals surface area contributed by atoms with Crippen LogP contribution in [0.4, 0.5) is 5.69 Å². The number of carbonyl (C=O) groups excluding carboxylic acids is 2. The molecule has 1 aromatic heterocycles. The first-order chi connectivity index (χ1) is 15.7. The minimum Gasteiger partial charge on any atom is -0.489 e. The van der Waals surface area contributed by atoms with Gasteiger partial charge in [-0.2, -0.15) is 0 Å². The Balaban J connectivity index is 1.89. The van der Waals surface area contributed by atoms with E-state index in [4.69, 9.17) is 10.5 Å². The Morgan fingerprint density at radius 2 is 1.70 bits per heavy atom. The van der Waals surface area contributed by atoms with Gasteiger partial charge < -0.3 is 15.4 Å². The number of benzene rings is 2. The first kappa shape index (κ1) is 22.5. The lowest BCUT2D eigenvalue weighted by molar-refractivity contribution is -0.127. The number of amides is 2. The summed E-state index contributed by atoms with van der Waals surface area (Å²) in [6, 6.07) is 19.4. The fourth-order valence-corrected chi connectivity index (χ4v) is 5.49. The Morgan fingerprint density at radius 1 is 1.03 bits per heavy atom. The van der Waals surface area contributed by atoms with Gasteiger partial charge in [-0.15, -0.1) is 0 Å². The zero-order valence-electron chi connectivity index (χ0n) is 19.4. The summed E-state index contributed by atoms with van der Waals surface area (Å²) < 4.78 is 6.05. The van der Waals surface area contributed by atoms with Crippen molar-refractivity contribution in [2.75, 3.05) is 4.90 Å². The van der Waals surface area contributed by atoms with E-state index in [9.17, 15) is 9.59 Å². The van der Waals surface area contributed by atoms with Crippen LogP contribution in [0.3, 0.4) is 0 Å². The van der Waals surface area contributed by atoms with Gasteiger partial charge in [0, 0.05) is 30.8 Å². The molecule has 0 saturated heterocycles. The quantitative estimate of drug-likeness (QED) is 0.640. The molecule has 2 heterocycles. The van der Waals surface area contributed by atoms with Gasteiger partial charge in [0.25, 0.3) is 0 Å². The topological polar surface area (TPSA) is 85.5 Å². The largest absolute Gasteiger partial charge is 0.489 e. The van der Waals surface area contributed by atoms with Crippen LogP contribution < -0.4 is 15.4 Å². The van der Waals surface area contributed by atoms with E-state index in [-0.39, 0.29) is 5.91 Å². The van der Waals surface area contributed by atoms with Gasteiger partial charge in [-0.3, -0.25) is 14.6 Å². The summed E-state index contributed by atoms with van der Waals surface area (Å²) in [5, 5.41) is 0. The molecule has 0 spiro atoms. The highest BCUT2D eigenvalue weighted by Gasteiger charge is 2.57. The van der Waals surface area contributed by atoms with E-state index in [1.54, 1.807) is 17.3 Å². The molecule has 2 aromatic carbocycles. The number of hydrogen-bond acceptors (Lipinski definition) is 4. The molecule has 170 valence electrons. The fourth-order valence-electron chi connectivity index (χ4n) is 5.49. The van der Waals surface area contributed by atoms with Gasteiger partial charge in [0.15, 0.2) is 0 Å². The normalized spacial score (nSPS) is 21.2. The van der Waals surface area contributed by atoms with Crippen LogP contribution in [0.2, 0.25) is 0 Å². The van der Waals surface area contributed by atoms with Gasteiger partial charge in [-0.25, -0.2) is 0 Å². The second kappa shape index (κ2) is 8.35. The maximum Gasteiger partial charge on any atom is 0.224 e. The molecule has 6 nitrogen and oxygen atoms in total. The van der Waals surface area contributed by atoms with Gasteiger partial charge >= 0.3 is 0 Å². The number of nitrogens with zero attached hydrogens (tertiary/aromatic N) is 2. The standard InChI is InChI=1S/C27H29N3O3/c1-18(31)30-23-16-21(33-17-19-12-14-29-15-13-19)10-11-22(23)27(4,20-8-6-5-7-9-20)24(25(28)32)26(30,2)3/h5-16,24H,17H2,1-4H3,(H2,28,32). The third-order valence-corrected chi connectivity index (χ3v) is 6.76. The van der Waals surface area contributed by atoms with Crippen molar-refractivity contribution < 1.29 is 14.3 Å². The first-order valence-electron chi connectivity index (χ1n) is 11.0. The van der Waals surface area contributed by atoms with Crippen LogP contribution in [-0.4, -0.2) is 22.3 Å². The number of hydrogen-bond donors (Lipinski definition) is 1. The summed E-state index contributed by atoms with van der Waals surface area (Å²) in [5.74, 6) is -0.608. The summed E-state index contributed by atoms with van der Waals surface area (Å²) in [6.45, 7) is 7.73. The van der Waals surface area contributed by atoms with E-state index < -0.39 is 22.8 Å². The van der Waals surface area contributed by atoms with Gasteiger partial charge in [0.05, 0.1) is 17.1 Å². The summed E-state index contributed by atoms with van der Waals surface area (Å²) in [4.78, 5) is 31.5. The summed E-state index contributed by atoms with van der Waals surface area (Å²) in [6.07, 6.45) is 3.45. The second-order valence-electron chi connectivity index (χ2n) is 9.23. The van der Waals surface area contributed by atoms with E-state index in [1.165, 1.54) is 6.92 Å². The van der Waals surface area contributed by atoms with Crippen molar-refractivity contribution in [2.45, 2.75) is 45.3 Å². The van der Waals surface area contributed by atoms with E-state index in [0.29, 0.717) is 12.4 Å². The number of carbonyl (C=O) groups is 2. The van der Waals surface area contributed by atoms with E-state index in [1.807, 2.05) is 81.4 Å². The molecule has 1 aliphatic heterocycles. The van der Waals surface area contributed by atoms with Crippen molar-refractivity contribution in [3.05, 3.63) is 89.7 Å². The average molecular weight is 444 g/mol. The zero-order valence-corrected chi connectivity index (χ0v) is 19.4. The molecule has 0 aliphatic carbocycles. The van der Waals surface area contributed by atoms with Crippen LogP contribution in [0.15, 0.2) is 73.1 Å². The molecule has 1 aliphatic rings. The van der Waals surface area contributed by atoms with E-state index in [2.05, 4.69) is 4.98 Å². The van der Waals surface area contributed by atoms with E-state index in [0.717, 1.165) is 22.4 Å². The molecule has 0 bridgehead atoms. The lowest BCUT2D eigenvalue weighted by Gasteiger charge is -2.55. The SMILES string of the molecule is CC(=O)N1c2cc(OCc3ccncc3)ccc2C(C)(c2ccccc2)C(C(N)=O)C1(C)C. The highest BCUT2D eigenvalue weighted by Crippen LogP contribution is 2.54. The number of anilines is 1. The maximum atomic E-state index is 12.9. The number of nitrogens with two attached hydrogens (primary N) is 1. The van der Waals surface area contributed by atoms with Crippen LogP contribution >= 0.6 is 0 Å². The summed E-state index contributed by atoms with van der Waals surface area (Å²) >= 11 is 0. The molecule has 2 N–H and O–H groups in total. The molecule has 33 heavy (non-hydrogen) atoms. The predicted molar refractivity (Wildman–Crippen MR) is 128 cm³/mol. The number of ether oxygens (including phenoxy) is 1. The Labute approximate surface area is 194 Å². The molecule has 6 heteroatoms. The van der Waals surface area contributed by atoms with Crippen molar-refractivity contribution >= 4 is 17.5 Å². The monoisotopic (exact) mass is 443 g/mol. The van der Waals surface area contributed by atoms with Crippen LogP contribution in [0.1, 0.15) is 44.4 Å². The fraction of sp³-hybridized carbons (Fsp3) is 0.296. The predicted octanol–water partition coefficient (Wildman–Crippen LogP) is 4.21. The zero-order chi connectivity index (χ0) is 23.8. The van der Waals surface area contributed by atoms with Crippen molar-refractivity contribution in [1.29, 1.82) is 0 Å². The molecule has 0 saturated carbocycles. The minimum absolute atomic E-state index is 0.158. The summed E-state index contributed by atoms with van der Waals surface area (Å²) in [7, 11) is 0. The number of aromatic nitrogens is 1. The molecular weight excluding hydrogens is 414 g/mol. The van der Waals surface area contributed by atoms with Crippen molar-refractivity contribution in [2.24, 2.45) is 11.7 Å². The van der Waals surface area contributed by atoms with Gasteiger partial charge in [-0.05, 0) is 48.7 Å². The van der Waals surface area contributed by atoms with Crippen LogP contribution in [0, 0.1) is 5.92 Å². The first-order valence-corrected chi connectivity index (χ1v) is 11.0. The second-order valence-corrected chi connectivity index (χ2v) is 9.23. The molecular formula is C27H29N3O3. The number of fused-ring (bicyclic) bond motifs is 1. The third-order valence-electron chi connectivity index (χ3n) is 6.76. The Hall–Kier alpha value is -3.67. The highest BCUT2D eigenvalue weighted by molar-refractivity contribution is 5.98. The van der Waals surface area contributed by atoms with Crippen LogP contribution in [0.25, 0.3) is 0 Å². The molecule has 0 fully saturated rings. The van der Waals surface area contributed by atoms with E-state index >= 15 is 0 Å². The van der Waals surface area contributed by atoms with Crippen molar-refractivity contribution in [1.82, 2.24) is 4.98 Å². The van der Waals surface area contributed by atoms with Crippen molar-refractivity contribution in [3.63, 3.8) is 0 Å². The van der Waals surface area contributed by atoms with Gasteiger partial charge in [-0.1, -0.05) is 43.3 Å². The molecule has 2 atom stereocenters. The average Bonchev–Trinajstić information content (AvgIpc) is 2.77. The van der Waals surface area contributed by atoms with Crippen molar-refractivity contribution in [3.8, 4) is 5.75 Å². The number of rotatable bonds is 5. The smallest absolute Gasteiger partial charge is 0.224 e. The lowest BCUT2D eigenvalue weighted by Crippen LogP contribution is -2.65. The number of pyridine rings is 1. The Kier molecular flexibility index (Phi) is 5.70. The molecule has 2 amide bonds. The third kappa shape index (κ3) is 3.75. The molecule has 4 rings (SSSR count). The highest BCUT2D eigenvalue weighted by atomic mass is 16.5. The lowest BCUT2D eigenvalue weighted by atomic mass is 9.57. The number of primary amides is 1. The van der Waals surface area contributed by atoms with Gasteiger partial charge in [0.1, 0.15) is 12.4 Å².